The fourth-order valence-electron chi connectivity index (χ4n) is 8.45. The number of benzene rings is 4. The summed E-state index contributed by atoms with van der Waals surface area (Å²) in [5.41, 5.74) is 7.94. The molecule has 1 saturated heterocycles. The molecule has 64 heavy (non-hydrogen) atoms. The van der Waals surface area contributed by atoms with Crippen LogP contribution in [-0.4, -0.2) is 84.0 Å². The average Bonchev–Trinajstić information content (AvgIpc) is 3.53. The molecule has 0 saturated carbocycles. The molecule has 3 aliphatic rings. The molecule has 5 aromatic rings. The minimum atomic E-state index is -0.679. The van der Waals surface area contributed by atoms with Gasteiger partial charge in [-0.05, 0) is 92.6 Å². The molecule has 4 heterocycles. The molecular weight excluding hydrogens is 813 g/mol. The number of piperidine rings is 1. The zero-order chi connectivity index (χ0) is 45.0. The van der Waals surface area contributed by atoms with E-state index in [4.69, 9.17) is 19.2 Å². The van der Waals surface area contributed by atoms with E-state index in [0.29, 0.717) is 67.4 Å². The zero-order valence-corrected chi connectivity index (χ0v) is 36.4. The quantitative estimate of drug-likeness (QED) is 0.0762. The molecule has 0 spiro atoms. The van der Waals surface area contributed by atoms with E-state index in [2.05, 4.69) is 21.3 Å². The van der Waals surface area contributed by atoms with E-state index >= 15 is 0 Å². The van der Waals surface area contributed by atoms with Crippen molar-refractivity contribution in [3.63, 3.8) is 0 Å². The number of hydrogen-bond acceptors (Lipinski definition) is 10. The van der Waals surface area contributed by atoms with Crippen LogP contribution < -0.4 is 30.7 Å². The normalized spacial score (nSPS) is 16.1. The molecule has 2 unspecified atom stereocenters. The molecule has 0 aliphatic carbocycles. The summed E-state index contributed by atoms with van der Waals surface area (Å²) in [7, 11) is 1.54. The van der Waals surface area contributed by atoms with Crippen LogP contribution in [-0.2, 0) is 36.9 Å². The molecule has 0 bridgehead atoms. The van der Waals surface area contributed by atoms with E-state index in [1.165, 1.54) is 0 Å². The Balaban J connectivity index is 0.854. The number of carbonyl (C=O) groups excluding carboxylic acids is 5. The van der Waals surface area contributed by atoms with E-state index in [1.54, 1.807) is 18.1 Å². The first-order valence-corrected chi connectivity index (χ1v) is 21.6. The van der Waals surface area contributed by atoms with Gasteiger partial charge < -0.3 is 35.1 Å². The molecule has 330 valence electrons. The van der Waals surface area contributed by atoms with Gasteiger partial charge in [-0.15, -0.1) is 0 Å². The van der Waals surface area contributed by atoms with Crippen LogP contribution in [0.2, 0.25) is 0 Å². The minimum absolute atomic E-state index is 0.120. The first-order chi connectivity index (χ1) is 30.9. The number of imide groups is 1. The molecule has 4 aromatic carbocycles. The Morgan fingerprint density at radius 3 is 2.48 bits per heavy atom. The Labute approximate surface area is 372 Å². The highest BCUT2D eigenvalue weighted by Gasteiger charge is 2.40. The van der Waals surface area contributed by atoms with Gasteiger partial charge in [0, 0.05) is 48.5 Å². The predicted octanol–water partition coefficient (Wildman–Crippen LogP) is 6.92. The number of anilines is 2. The summed E-state index contributed by atoms with van der Waals surface area (Å²) in [4.78, 5) is 70.7. The second-order valence-electron chi connectivity index (χ2n) is 17.0. The summed E-state index contributed by atoms with van der Waals surface area (Å²) in [5, 5.41) is 11.8. The maximum absolute atomic E-state index is 13.6. The molecular formula is C50H52N6O8. The maximum Gasteiger partial charge on any atom is 0.257 e. The van der Waals surface area contributed by atoms with Crippen molar-refractivity contribution in [2.75, 3.05) is 37.5 Å². The van der Waals surface area contributed by atoms with Gasteiger partial charge in [0.15, 0.2) is 18.1 Å². The van der Waals surface area contributed by atoms with Gasteiger partial charge in [-0.25, -0.2) is 4.98 Å². The first-order valence-electron chi connectivity index (χ1n) is 21.6. The van der Waals surface area contributed by atoms with Gasteiger partial charge in [0.2, 0.25) is 17.7 Å². The van der Waals surface area contributed by atoms with Crippen LogP contribution in [0.5, 0.6) is 11.5 Å². The van der Waals surface area contributed by atoms with Crippen molar-refractivity contribution in [3.05, 3.63) is 114 Å². The van der Waals surface area contributed by atoms with Gasteiger partial charge in [0.05, 0.1) is 42.3 Å². The topological polar surface area (TPSA) is 177 Å². The van der Waals surface area contributed by atoms with Crippen molar-refractivity contribution in [1.82, 2.24) is 20.5 Å². The smallest absolute Gasteiger partial charge is 0.257 e. The summed E-state index contributed by atoms with van der Waals surface area (Å²) in [6, 6.07) is 30.0. The summed E-state index contributed by atoms with van der Waals surface area (Å²) >= 11 is 0. The highest BCUT2D eigenvalue weighted by Crippen LogP contribution is 2.42. The maximum atomic E-state index is 13.6. The number of hydrogen-bond donors (Lipinski definition) is 4. The fraction of sp³-hybridized carbons (Fsp3) is 0.320. The Morgan fingerprint density at radius 2 is 1.69 bits per heavy atom. The van der Waals surface area contributed by atoms with Gasteiger partial charge in [0.1, 0.15) is 6.04 Å². The Kier molecular flexibility index (Phi) is 12.8. The number of fused-ring (bicyclic) bond motifs is 4. The summed E-state index contributed by atoms with van der Waals surface area (Å²) in [6.07, 6.45) is 1.68. The molecule has 3 aliphatic heterocycles. The van der Waals surface area contributed by atoms with Crippen LogP contribution in [0.1, 0.15) is 67.9 Å². The van der Waals surface area contributed by atoms with Crippen LogP contribution in [0.15, 0.2) is 97.1 Å². The lowest BCUT2D eigenvalue weighted by molar-refractivity contribution is -0.137. The number of ether oxygens (including phenoxy) is 3. The highest BCUT2D eigenvalue weighted by atomic mass is 16.5. The lowest BCUT2D eigenvalue weighted by atomic mass is 9.92. The second-order valence-corrected chi connectivity index (χ2v) is 17.0. The van der Waals surface area contributed by atoms with Gasteiger partial charge in [0.25, 0.3) is 11.8 Å². The van der Waals surface area contributed by atoms with E-state index in [0.717, 1.165) is 44.8 Å². The third-order valence-electron chi connectivity index (χ3n) is 11.8. The molecule has 1 aromatic heterocycles. The Hall–Kier alpha value is -7.06. The molecule has 8 rings (SSSR count). The van der Waals surface area contributed by atoms with E-state index < -0.39 is 17.5 Å². The number of nitrogens with one attached hydrogen (secondary N) is 4. The average molecular weight is 865 g/mol. The van der Waals surface area contributed by atoms with E-state index in [1.807, 2.05) is 112 Å². The van der Waals surface area contributed by atoms with Crippen molar-refractivity contribution in [2.45, 2.75) is 77.1 Å². The van der Waals surface area contributed by atoms with Crippen molar-refractivity contribution in [1.29, 1.82) is 0 Å². The number of amides is 5. The van der Waals surface area contributed by atoms with E-state index in [9.17, 15) is 24.0 Å². The van der Waals surface area contributed by atoms with Gasteiger partial charge in [-0.2, -0.15) is 0 Å². The summed E-state index contributed by atoms with van der Waals surface area (Å²) < 4.78 is 17.8. The first kappa shape index (κ1) is 43.6. The Bertz CT molecular complexity index is 2610. The van der Waals surface area contributed by atoms with E-state index in [-0.39, 0.29) is 49.2 Å². The van der Waals surface area contributed by atoms with Gasteiger partial charge in [-0.3, -0.25) is 29.3 Å². The second kappa shape index (κ2) is 18.7. The number of methoxy groups -OCH3 is 1. The van der Waals surface area contributed by atoms with Crippen LogP contribution in [0.3, 0.4) is 0 Å². The molecule has 14 nitrogen and oxygen atoms in total. The predicted molar refractivity (Wildman–Crippen MR) is 243 cm³/mol. The number of carbonyl (C=O) groups is 5. The van der Waals surface area contributed by atoms with Crippen molar-refractivity contribution in [2.24, 2.45) is 0 Å². The summed E-state index contributed by atoms with van der Waals surface area (Å²) in [6.45, 7) is 6.90. The third kappa shape index (κ3) is 9.61. The summed E-state index contributed by atoms with van der Waals surface area (Å²) in [5.74, 6) is -0.590. The van der Waals surface area contributed by atoms with Gasteiger partial charge >= 0.3 is 0 Å². The monoisotopic (exact) mass is 864 g/mol. The number of aromatic nitrogens is 1. The number of rotatable bonds is 16. The van der Waals surface area contributed by atoms with Crippen LogP contribution in [0.25, 0.3) is 33.6 Å². The lowest BCUT2D eigenvalue weighted by Crippen LogP contribution is -2.52. The molecule has 4 N–H and O–H groups in total. The van der Waals surface area contributed by atoms with Crippen molar-refractivity contribution < 1.29 is 38.2 Å². The van der Waals surface area contributed by atoms with Gasteiger partial charge in [-0.1, -0.05) is 66.7 Å². The minimum Gasteiger partial charge on any atom is -0.493 e. The highest BCUT2D eigenvalue weighted by molar-refractivity contribution is 6.08. The molecule has 2 atom stereocenters. The van der Waals surface area contributed by atoms with Crippen LogP contribution in [0.4, 0.5) is 11.4 Å². The molecule has 1 fully saturated rings. The largest absolute Gasteiger partial charge is 0.493 e. The molecule has 0 radical (unpaired) electrons. The third-order valence-corrected chi connectivity index (χ3v) is 11.8. The number of nitrogens with zero attached hydrogens (tertiary/aromatic N) is 2. The standard InChI is InChI=1S/C50H52N6O8/c1-30(63-24-22-50(2,3)55-38-16-10-13-33-28-56(49(61)46(33)38)40-18-20-43(57)54-48(40)60)21-23-51-45(59)29-64-42-25-32(17-19-41(42)62-4)35-26-39(31-11-6-5-7-12-31)53-47-34-14-8-9-15-37(34)52-44(58)27-36(35)47/h5-17,19,25-26,30,40,55H,18,20-24,27-29H2,1-4H3,(H,51,59)(H,52,58)(H,54,57,60). The zero-order valence-electron chi connectivity index (χ0n) is 36.4. The molecule has 14 heteroatoms. The lowest BCUT2D eigenvalue weighted by Gasteiger charge is -2.30. The fourth-order valence-corrected chi connectivity index (χ4v) is 8.45. The number of pyridine rings is 1. The van der Waals surface area contributed by atoms with Crippen molar-refractivity contribution >= 4 is 40.9 Å². The van der Waals surface area contributed by atoms with Crippen LogP contribution in [0, 0.1) is 0 Å². The van der Waals surface area contributed by atoms with Crippen molar-refractivity contribution in [3.8, 4) is 45.1 Å². The number of para-hydroxylation sites is 1. The molecule has 5 amide bonds. The van der Waals surface area contributed by atoms with Crippen LogP contribution >= 0.6 is 0 Å². The SMILES string of the molecule is COc1ccc(-c2cc(-c3ccccc3)nc3c2CC(=O)Nc2ccccc2-3)cc1OCC(=O)NCCC(C)OCCC(C)(C)Nc1cccc2c1C(=O)N(C1CCC(=O)NC1=O)C2. The Morgan fingerprint density at radius 1 is 0.891 bits per heavy atom.